The lowest BCUT2D eigenvalue weighted by Gasteiger charge is -2.22. The van der Waals surface area contributed by atoms with Gasteiger partial charge in [-0.05, 0) is 25.0 Å². The van der Waals surface area contributed by atoms with Gasteiger partial charge in [-0.2, -0.15) is 0 Å². The maximum Gasteiger partial charge on any atom is 0.0917 e. The van der Waals surface area contributed by atoms with Crippen molar-refractivity contribution in [3.05, 3.63) is 34.4 Å². The van der Waals surface area contributed by atoms with Gasteiger partial charge in [0.1, 0.15) is 0 Å². The van der Waals surface area contributed by atoms with Crippen molar-refractivity contribution in [3.63, 3.8) is 0 Å². The van der Waals surface area contributed by atoms with E-state index in [9.17, 15) is 0 Å². The van der Waals surface area contributed by atoms with Crippen molar-refractivity contribution in [2.24, 2.45) is 5.16 Å². The minimum atomic E-state index is 0.814. The molecular weight excluding hydrogens is 150 g/mol. The smallest absolute Gasteiger partial charge is 0.0917 e. The fraction of sp³-hybridized carbons (Fsp3) is 0.300. The van der Waals surface area contributed by atoms with E-state index in [4.69, 9.17) is 5.21 Å². The zero-order valence-electron chi connectivity index (χ0n) is 7.26. The fourth-order valence-electron chi connectivity index (χ4n) is 1.86. The third kappa shape index (κ3) is 0.843. The summed E-state index contributed by atoms with van der Waals surface area (Å²) in [7, 11) is 0. The first-order valence-corrected chi connectivity index (χ1v) is 4.04. The molecule has 0 heterocycles. The highest BCUT2D eigenvalue weighted by molar-refractivity contribution is 6.11. The molecule has 1 aliphatic rings. The van der Waals surface area contributed by atoms with Gasteiger partial charge in [0.25, 0.3) is 0 Å². The summed E-state index contributed by atoms with van der Waals surface area (Å²) < 4.78 is 0. The average molecular weight is 161 g/mol. The molecule has 1 aliphatic carbocycles. The van der Waals surface area contributed by atoms with Crippen LogP contribution in [0.25, 0.3) is 0 Å². The normalized spacial score (nSPS) is 17.3. The van der Waals surface area contributed by atoms with Gasteiger partial charge >= 0.3 is 0 Å². The minimum Gasteiger partial charge on any atom is -0.411 e. The Kier molecular flexibility index (Phi) is 1.43. The summed E-state index contributed by atoms with van der Waals surface area (Å²) in [5, 5.41) is 11.9. The highest BCUT2D eigenvalue weighted by atomic mass is 16.4. The van der Waals surface area contributed by atoms with E-state index in [0.29, 0.717) is 0 Å². The zero-order valence-corrected chi connectivity index (χ0v) is 7.26. The van der Waals surface area contributed by atoms with Crippen molar-refractivity contribution in [1.82, 2.24) is 0 Å². The van der Waals surface area contributed by atoms with E-state index in [2.05, 4.69) is 31.1 Å². The Hall–Kier alpha value is -1.31. The maximum atomic E-state index is 8.61. The van der Waals surface area contributed by atoms with Crippen LogP contribution in [0.2, 0.25) is 0 Å². The molecule has 2 rings (SSSR count). The molecule has 0 amide bonds. The first-order valence-electron chi connectivity index (χ1n) is 4.04. The van der Waals surface area contributed by atoms with E-state index in [1.54, 1.807) is 0 Å². The Morgan fingerprint density at radius 2 is 2.08 bits per heavy atom. The molecule has 0 spiro atoms. The molecule has 0 aliphatic heterocycles. The van der Waals surface area contributed by atoms with E-state index in [1.807, 2.05) is 0 Å². The molecule has 0 radical (unpaired) electrons. The zero-order chi connectivity index (χ0) is 8.72. The van der Waals surface area contributed by atoms with E-state index in [1.165, 1.54) is 16.7 Å². The second kappa shape index (κ2) is 2.34. The van der Waals surface area contributed by atoms with Crippen LogP contribution in [0, 0.1) is 13.8 Å². The van der Waals surface area contributed by atoms with Crippen LogP contribution in [-0.4, -0.2) is 10.9 Å². The van der Waals surface area contributed by atoms with E-state index in [0.717, 1.165) is 17.7 Å². The van der Waals surface area contributed by atoms with Crippen molar-refractivity contribution in [3.8, 4) is 0 Å². The summed E-state index contributed by atoms with van der Waals surface area (Å²) in [5.74, 6) is 0. The second-order valence-electron chi connectivity index (χ2n) is 3.34. The molecule has 0 saturated carbocycles. The van der Waals surface area contributed by atoms with Gasteiger partial charge in [0.05, 0.1) is 5.71 Å². The highest BCUT2D eigenvalue weighted by Gasteiger charge is 2.23. The van der Waals surface area contributed by atoms with Crippen LogP contribution in [0.1, 0.15) is 22.3 Å². The topological polar surface area (TPSA) is 32.6 Å². The molecule has 1 N–H and O–H groups in total. The lowest BCUT2D eigenvalue weighted by Crippen LogP contribution is -2.21. The number of fused-ring (bicyclic) bond motifs is 1. The Labute approximate surface area is 71.5 Å². The molecular formula is C10H11NO. The van der Waals surface area contributed by atoms with Crippen LogP contribution in [0.15, 0.2) is 17.3 Å². The van der Waals surface area contributed by atoms with Gasteiger partial charge in [-0.15, -0.1) is 0 Å². The predicted molar refractivity (Wildman–Crippen MR) is 47.9 cm³/mol. The predicted octanol–water partition coefficient (Wildman–Crippen LogP) is 2.04. The van der Waals surface area contributed by atoms with Gasteiger partial charge in [-0.1, -0.05) is 22.9 Å². The first kappa shape index (κ1) is 7.35. The Morgan fingerprint density at radius 3 is 2.67 bits per heavy atom. The molecule has 0 unspecified atom stereocenters. The van der Waals surface area contributed by atoms with Crippen LogP contribution in [0.3, 0.4) is 0 Å². The average Bonchev–Trinajstić information content (AvgIpc) is 1.94. The Morgan fingerprint density at radius 1 is 1.33 bits per heavy atom. The molecule has 2 heteroatoms. The molecule has 62 valence electrons. The lowest BCUT2D eigenvalue weighted by molar-refractivity contribution is 0.317. The number of aryl methyl sites for hydroxylation is 2. The van der Waals surface area contributed by atoms with E-state index in [-0.39, 0.29) is 0 Å². The fourth-order valence-corrected chi connectivity index (χ4v) is 1.86. The molecule has 12 heavy (non-hydrogen) atoms. The Bertz CT molecular complexity index is 349. The third-order valence-electron chi connectivity index (χ3n) is 2.33. The van der Waals surface area contributed by atoms with Crippen molar-refractivity contribution < 1.29 is 5.21 Å². The summed E-state index contributed by atoms with van der Waals surface area (Å²) in [6.45, 7) is 4.14. The third-order valence-corrected chi connectivity index (χ3v) is 2.33. The molecule has 2 nitrogen and oxygen atoms in total. The van der Waals surface area contributed by atoms with E-state index >= 15 is 0 Å². The van der Waals surface area contributed by atoms with Gasteiger partial charge in [-0.25, -0.2) is 0 Å². The molecule has 0 bridgehead atoms. The summed E-state index contributed by atoms with van der Waals surface area (Å²) in [4.78, 5) is 0. The van der Waals surface area contributed by atoms with Gasteiger partial charge in [0, 0.05) is 12.0 Å². The summed E-state index contributed by atoms with van der Waals surface area (Å²) in [5.41, 5.74) is 5.76. The van der Waals surface area contributed by atoms with Crippen molar-refractivity contribution in [1.29, 1.82) is 0 Å². The van der Waals surface area contributed by atoms with Crippen molar-refractivity contribution >= 4 is 5.71 Å². The highest BCUT2D eigenvalue weighted by Crippen LogP contribution is 2.27. The van der Waals surface area contributed by atoms with Crippen LogP contribution in [-0.2, 0) is 6.42 Å². The number of nitrogens with zero attached hydrogens (tertiary/aromatic N) is 1. The van der Waals surface area contributed by atoms with Gasteiger partial charge in [0.2, 0.25) is 0 Å². The number of hydrogen-bond acceptors (Lipinski definition) is 2. The Balaban J connectivity index is 2.60. The molecule has 0 fully saturated rings. The molecule has 1 aromatic rings. The number of oxime groups is 1. The summed E-state index contributed by atoms with van der Waals surface area (Å²) in [6.07, 6.45) is 0.814. The minimum absolute atomic E-state index is 0.814. The van der Waals surface area contributed by atoms with Crippen LogP contribution >= 0.6 is 0 Å². The van der Waals surface area contributed by atoms with Crippen LogP contribution < -0.4 is 0 Å². The number of rotatable bonds is 0. The molecule has 0 aromatic heterocycles. The van der Waals surface area contributed by atoms with Crippen molar-refractivity contribution in [2.45, 2.75) is 20.3 Å². The van der Waals surface area contributed by atoms with Gasteiger partial charge in [-0.3, -0.25) is 0 Å². The second-order valence-corrected chi connectivity index (χ2v) is 3.34. The molecule has 0 atom stereocenters. The monoisotopic (exact) mass is 161 g/mol. The summed E-state index contributed by atoms with van der Waals surface area (Å²) >= 11 is 0. The van der Waals surface area contributed by atoms with Crippen molar-refractivity contribution in [2.75, 3.05) is 0 Å². The van der Waals surface area contributed by atoms with E-state index < -0.39 is 0 Å². The standard InChI is InChI=1S/C10H11NO/c1-6-3-7(2)10-8(4-6)5-9(10)11-12/h3-4,12H,5H2,1-2H3. The SMILES string of the molecule is Cc1cc(C)c2c(c1)CC2=NO. The lowest BCUT2D eigenvalue weighted by atomic mass is 9.82. The largest absolute Gasteiger partial charge is 0.411 e. The number of benzene rings is 1. The van der Waals surface area contributed by atoms with Crippen LogP contribution in [0.4, 0.5) is 0 Å². The molecule has 0 saturated heterocycles. The molecule has 1 aromatic carbocycles. The summed E-state index contributed by atoms with van der Waals surface area (Å²) in [6, 6.07) is 4.26. The van der Waals surface area contributed by atoms with Gasteiger partial charge < -0.3 is 5.21 Å². The first-order chi connectivity index (χ1) is 5.72. The number of hydrogen-bond donors (Lipinski definition) is 1. The quantitative estimate of drug-likeness (QED) is 0.458. The van der Waals surface area contributed by atoms with Gasteiger partial charge in [0.15, 0.2) is 0 Å². The maximum absolute atomic E-state index is 8.61. The van der Waals surface area contributed by atoms with Crippen LogP contribution in [0.5, 0.6) is 0 Å².